The molecule has 0 radical (unpaired) electrons. The molecule has 1 amide bonds. The normalized spacial score (nSPS) is 10.8. The van der Waals surface area contributed by atoms with Crippen LogP contribution in [0.1, 0.15) is 16.7 Å². The molecule has 0 saturated carbocycles. The number of phenols is 1. The summed E-state index contributed by atoms with van der Waals surface area (Å²) in [7, 11) is 6.05. The highest BCUT2D eigenvalue weighted by atomic mass is 16.5. The van der Waals surface area contributed by atoms with Crippen LogP contribution in [0, 0.1) is 0 Å². The molecule has 0 bridgehead atoms. The van der Waals surface area contributed by atoms with Crippen molar-refractivity contribution in [1.29, 1.82) is 0 Å². The Bertz CT molecular complexity index is 1320. The molecule has 0 atom stereocenters. The van der Waals surface area contributed by atoms with Crippen molar-refractivity contribution in [2.75, 3.05) is 40.4 Å². The summed E-state index contributed by atoms with van der Waals surface area (Å²) in [6.45, 7) is 4.02. The highest BCUT2D eigenvalue weighted by molar-refractivity contribution is 6.04. The average molecular weight is 518 g/mol. The number of anilines is 1. The highest BCUT2D eigenvalue weighted by Gasteiger charge is 2.15. The molecule has 0 aromatic heterocycles. The lowest BCUT2D eigenvalue weighted by atomic mass is 10.1. The van der Waals surface area contributed by atoms with Gasteiger partial charge in [-0.2, -0.15) is 0 Å². The van der Waals surface area contributed by atoms with Crippen LogP contribution in [-0.2, 0) is 4.79 Å². The number of amides is 1. The Hall–Kier alpha value is -4.85. The van der Waals surface area contributed by atoms with Gasteiger partial charge in [-0.3, -0.25) is 4.79 Å². The second-order valence-corrected chi connectivity index (χ2v) is 7.87. The van der Waals surface area contributed by atoms with E-state index in [0.717, 1.165) is 11.1 Å². The van der Waals surface area contributed by atoms with Crippen LogP contribution >= 0.6 is 0 Å². The van der Waals surface area contributed by atoms with E-state index in [0.29, 0.717) is 35.2 Å². The standard InChI is InChI=1S/C30H31NO7/c1-6-16-38-23-9-7-8-20(17-23)11-15-27(32)31-28-22(13-14-24(34-2)29(28)33)12-10-21-18-25(35-3)30(37-5)26(19-21)36-4/h6-15,17-19,33H,1,16H2,2-5H3,(H,31,32)/b12-10-,15-11+. The molecular weight excluding hydrogens is 486 g/mol. The van der Waals surface area contributed by atoms with E-state index in [2.05, 4.69) is 11.9 Å². The van der Waals surface area contributed by atoms with Gasteiger partial charge >= 0.3 is 0 Å². The minimum Gasteiger partial charge on any atom is -0.503 e. The Kier molecular flexibility index (Phi) is 9.82. The van der Waals surface area contributed by atoms with Crippen LogP contribution < -0.4 is 29.0 Å². The molecule has 3 aromatic carbocycles. The topological polar surface area (TPSA) is 95.5 Å². The quantitative estimate of drug-likeness (QED) is 0.135. The lowest BCUT2D eigenvalue weighted by molar-refractivity contribution is -0.111. The third kappa shape index (κ3) is 6.88. The third-order valence-electron chi connectivity index (χ3n) is 5.44. The molecular formula is C30H31NO7. The zero-order valence-corrected chi connectivity index (χ0v) is 21.8. The highest BCUT2D eigenvalue weighted by Crippen LogP contribution is 2.40. The number of ether oxygens (including phenoxy) is 5. The number of aromatic hydroxyl groups is 1. The van der Waals surface area contributed by atoms with Gasteiger partial charge in [0, 0.05) is 11.6 Å². The zero-order chi connectivity index (χ0) is 27.5. The van der Waals surface area contributed by atoms with E-state index in [1.807, 2.05) is 24.3 Å². The Morgan fingerprint density at radius 1 is 0.868 bits per heavy atom. The van der Waals surface area contributed by atoms with Crippen LogP contribution in [0.15, 0.2) is 67.3 Å². The van der Waals surface area contributed by atoms with E-state index in [1.165, 1.54) is 34.5 Å². The lowest BCUT2D eigenvalue weighted by Gasteiger charge is -2.14. The molecule has 0 spiro atoms. The zero-order valence-electron chi connectivity index (χ0n) is 21.8. The maximum atomic E-state index is 12.8. The fraction of sp³-hybridized carbons (Fsp3) is 0.167. The van der Waals surface area contributed by atoms with Crippen molar-refractivity contribution in [2.45, 2.75) is 0 Å². The van der Waals surface area contributed by atoms with Crippen LogP contribution in [-0.4, -0.2) is 46.1 Å². The number of carbonyl (C=O) groups excluding carboxylic acids is 1. The summed E-state index contributed by atoms with van der Waals surface area (Å²) in [6, 6.07) is 14.2. The number of benzene rings is 3. The minimum atomic E-state index is -0.437. The number of nitrogens with one attached hydrogen (secondary N) is 1. The van der Waals surface area contributed by atoms with E-state index in [9.17, 15) is 9.90 Å². The van der Waals surface area contributed by atoms with Gasteiger partial charge in [0.15, 0.2) is 23.0 Å². The summed E-state index contributed by atoms with van der Waals surface area (Å²) in [5.74, 6) is 1.74. The predicted molar refractivity (Wildman–Crippen MR) is 149 cm³/mol. The van der Waals surface area contributed by atoms with Crippen LogP contribution in [0.4, 0.5) is 5.69 Å². The van der Waals surface area contributed by atoms with Gasteiger partial charge < -0.3 is 34.1 Å². The van der Waals surface area contributed by atoms with E-state index in [4.69, 9.17) is 23.7 Å². The van der Waals surface area contributed by atoms with Crippen LogP contribution in [0.25, 0.3) is 18.2 Å². The number of hydrogen-bond acceptors (Lipinski definition) is 7. The first-order valence-electron chi connectivity index (χ1n) is 11.6. The summed E-state index contributed by atoms with van der Waals surface area (Å²) < 4.78 is 27.0. The molecule has 0 aliphatic rings. The SMILES string of the molecule is C=CCOc1cccc(/C=C/C(=O)Nc2c(/C=C\c3cc(OC)c(OC)c(OC)c3)ccc(OC)c2O)c1. The third-order valence-corrected chi connectivity index (χ3v) is 5.44. The average Bonchev–Trinajstić information content (AvgIpc) is 2.94. The molecule has 0 fully saturated rings. The van der Waals surface area contributed by atoms with Gasteiger partial charge in [-0.05, 0) is 53.6 Å². The first-order chi connectivity index (χ1) is 18.4. The molecule has 8 nitrogen and oxygen atoms in total. The van der Waals surface area contributed by atoms with E-state index >= 15 is 0 Å². The van der Waals surface area contributed by atoms with Crippen molar-refractivity contribution in [3.8, 4) is 34.5 Å². The van der Waals surface area contributed by atoms with Crippen molar-refractivity contribution in [3.05, 3.63) is 84.0 Å². The molecule has 2 N–H and O–H groups in total. The number of rotatable bonds is 12. The van der Waals surface area contributed by atoms with E-state index in [1.54, 1.807) is 48.6 Å². The Morgan fingerprint density at radius 2 is 1.58 bits per heavy atom. The number of carbonyl (C=O) groups is 1. The molecule has 38 heavy (non-hydrogen) atoms. The van der Waals surface area contributed by atoms with Crippen LogP contribution in [0.2, 0.25) is 0 Å². The molecule has 0 unspecified atom stereocenters. The minimum absolute atomic E-state index is 0.193. The number of hydrogen-bond donors (Lipinski definition) is 2. The Morgan fingerprint density at radius 3 is 2.21 bits per heavy atom. The van der Waals surface area contributed by atoms with Gasteiger partial charge in [-0.15, -0.1) is 0 Å². The van der Waals surface area contributed by atoms with Crippen LogP contribution in [0.5, 0.6) is 34.5 Å². The second-order valence-electron chi connectivity index (χ2n) is 7.87. The van der Waals surface area contributed by atoms with Gasteiger partial charge in [0.2, 0.25) is 11.7 Å². The summed E-state index contributed by atoms with van der Waals surface area (Å²) >= 11 is 0. The Labute approximate surface area is 222 Å². The molecule has 0 aliphatic carbocycles. The maximum absolute atomic E-state index is 12.8. The maximum Gasteiger partial charge on any atom is 0.248 e. The molecule has 0 heterocycles. The van der Waals surface area contributed by atoms with Crippen molar-refractivity contribution in [3.63, 3.8) is 0 Å². The second kappa shape index (κ2) is 13.5. The van der Waals surface area contributed by atoms with Crippen molar-refractivity contribution in [1.82, 2.24) is 0 Å². The van der Waals surface area contributed by atoms with Crippen molar-refractivity contribution in [2.24, 2.45) is 0 Å². The summed E-state index contributed by atoms with van der Waals surface area (Å²) in [5, 5.41) is 13.5. The van der Waals surface area contributed by atoms with Gasteiger partial charge in [0.05, 0.1) is 34.1 Å². The first-order valence-corrected chi connectivity index (χ1v) is 11.6. The Balaban J connectivity index is 1.88. The lowest BCUT2D eigenvalue weighted by Crippen LogP contribution is -2.09. The fourth-order valence-corrected chi connectivity index (χ4v) is 3.61. The molecule has 3 aromatic rings. The van der Waals surface area contributed by atoms with E-state index < -0.39 is 5.91 Å². The van der Waals surface area contributed by atoms with Gasteiger partial charge in [0.1, 0.15) is 12.4 Å². The summed E-state index contributed by atoms with van der Waals surface area (Å²) in [6.07, 6.45) is 8.23. The number of methoxy groups -OCH3 is 4. The van der Waals surface area contributed by atoms with Crippen molar-refractivity contribution < 1.29 is 33.6 Å². The van der Waals surface area contributed by atoms with Gasteiger partial charge in [-0.1, -0.05) is 36.9 Å². The molecule has 3 rings (SSSR count). The molecule has 198 valence electrons. The smallest absolute Gasteiger partial charge is 0.248 e. The molecule has 0 aliphatic heterocycles. The molecule has 8 heteroatoms. The largest absolute Gasteiger partial charge is 0.503 e. The summed E-state index contributed by atoms with van der Waals surface area (Å²) in [4.78, 5) is 12.8. The van der Waals surface area contributed by atoms with Gasteiger partial charge in [-0.25, -0.2) is 0 Å². The predicted octanol–water partition coefficient (Wildman–Crippen LogP) is 5.81. The van der Waals surface area contributed by atoms with Crippen molar-refractivity contribution >= 4 is 29.8 Å². The summed E-state index contributed by atoms with van der Waals surface area (Å²) in [5.41, 5.74) is 2.29. The first kappa shape index (κ1) is 27.7. The monoisotopic (exact) mass is 517 g/mol. The fourth-order valence-electron chi connectivity index (χ4n) is 3.61. The number of phenolic OH excluding ortho intramolecular Hbond substituents is 1. The van der Waals surface area contributed by atoms with E-state index in [-0.39, 0.29) is 17.2 Å². The van der Waals surface area contributed by atoms with Gasteiger partial charge in [0.25, 0.3) is 0 Å². The van der Waals surface area contributed by atoms with Crippen LogP contribution in [0.3, 0.4) is 0 Å². The molecule has 0 saturated heterocycles.